The van der Waals surface area contributed by atoms with Crippen molar-refractivity contribution in [3.63, 3.8) is 0 Å². The van der Waals surface area contributed by atoms with Crippen LogP contribution in [0.3, 0.4) is 0 Å². The van der Waals surface area contributed by atoms with E-state index in [9.17, 15) is 4.79 Å². The van der Waals surface area contributed by atoms with Crippen molar-refractivity contribution in [1.29, 1.82) is 0 Å². The van der Waals surface area contributed by atoms with Crippen molar-refractivity contribution in [2.24, 2.45) is 4.99 Å². The second-order valence-corrected chi connectivity index (χ2v) is 9.45. The van der Waals surface area contributed by atoms with Gasteiger partial charge in [0, 0.05) is 6.21 Å². The number of rotatable bonds is 10. The van der Waals surface area contributed by atoms with Crippen LogP contribution in [-0.4, -0.2) is 18.8 Å². The van der Waals surface area contributed by atoms with Gasteiger partial charge in [-0.25, -0.2) is 4.79 Å². The topological polar surface area (TPSA) is 47.9 Å². The first-order valence-electron chi connectivity index (χ1n) is 12.0. The molecule has 3 aromatic carbocycles. The fourth-order valence-corrected chi connectivity index (χ4v) is 3.39. The first-order valence-corrected chi connectivity index (χ1v) is 12.0. The minimum absolute atomic E-state index is 0.0581. The largest absolute Gasteiger partial charge is 0.494 e. The van der Waals surface area contributed by atoms with Crippen molar-refractivity contribution in [2.45, 2.75) is 58.8 Å². The molecule has 0 spiro atoms. The summed E-state index contributed by atoms with van der Waals surface area (Å²) in [5.74, 6) is 1.03. The predicted octanol–water partition coefficient (Wildman–Crippen LogP) is 7.91. The summed E-state index contributed by atoms with van der Waals surface area (Å²) in [5.41, 5.74) is 3.49. The van der Waals surface area contributed by atoms with Gasteiger partial charge in [-0.05, 0) is 83.6 Å². The normalized spacial score (nSPS) is 11.5. The van der Waals surface area contributed by atoms with E-state index in [-0.39, 0.29) is 11.4 Å². The van der Waals surface area contributed by atoms with Gasteiger partial charge in [0.15, 0.2) is 0 Å². The quantitative estimate of drug-likeness (QED) is 0.134. The third-order valence-corrected chi connectivity index (χ3v) is 5.54. The molecule has 0 N–H and O–H groups in total. The zero-order valence-electron chi connectivity index (χ0n) is 20.7. The number of nitrogens with zero attached hydrogens (tertiary/aromatic N) is 1. The molecular weight excluding hydrogens is 422 g/mol. The van der Waals surface area contributed by atoms with Crippen LogP contribution in [0.2, 0.25) is 0 Å². The third-order valence-electron chi connectivity index (χ3n) is 5.54. The molecule has 0 unspecified atom stereocenters. The molecule has 4 nitrogen and oxygen atoms in total. The Morgan fingerprint density at radius 1 is 0.824 bits per heavy atom. The Bertz CT molecular complexity index is 1060. The molecule has 0 fully saturated rings. The van der Waals surface area contributed by atoms with E-state index < -0.39 is 0 Å². The smallest absolute Gasteiger partial charge is 0.343 e. The number of benzene rings is 3. The monoisotopic (exact) mass is 457 g/mol. The van der Waals surface area contributed by atoms with Gasteiger partial charge in [0.25, 0.3) is 0 Å². The molecule has 34 heavy (non-hydrogen) atoms. The van der Waals surface area contributed by atoms with Crippen LogP contribution in [0.1, 0.15) is 74.9 Å². The van der Waals surface area contributed by atoms with Gasteiger partial charge in [-0.15, -0.1) is 0 Å². The highest BCUT2D eigenvalue weighted by atomic mass is 16.5. The van der Waals surface area contributed by atoms with Crippen LogP contribution in [0.15, 0.2) is 77.8 Å². The maximum Gasteiger partial charge on any atom is 0.343 e. The molecule has 4 heteroatoms. The van der Waals surface area contributed by atoms with Gasteiger partial charge in [-0.2, -0.15) is 0 Å². The fraction of sp³-hybridized carbons (Fsp3) is 0.333. The summed E-state index contributed by atoms with van der Waals surface area (Å²) in [7, 11) is 0. The molecule has 0 aliphatic heterocycles. The van der Waals surface area contributed by atoms with Crippen molar-refractivity contribution in [2.75, 3.05) is 6.61 Å². The minimum atomic E-state index is -0.385. The van der Waals surface area contributed by atoms with Crippen LogP contribution in [0.4, 0.5) is 5.69 Å². The van der Waals surface area contributed by atoms with Crippen molar-refractivity contribution in [3.8, 4) is 11.5 Å². The Hall–Kier alpha value is -3.40. The summed E-state index contributed by atoms with van der Waals surface area (Å²) < 4.78 is 11.3. The lowest BCUT2D eigenvalue weighted by Crippen LogP contribution is -2.11. The van der Waals surface area contributed by atoms with E-state index >= 15 is 0 Å². The summed E-state index contributed by atoms with van der Waals surface area (Å²) in [4.78, 5) is 17.0. The molecule has 0 radical (unpaired) electrons. The molecule has 3 rings (SSSR count). The SMILES string of the molecule is CCCCCCOc1ccc(C=Nc2ccc(C(=O)Oc3ccc(C(C)(C)C)cc3)cc2)cc1. The number of aliphatic imine (C=N–C) groups is 1. The first-order chi connectivity index (χ1) is 16.3. The molecule has 0 saturated heterocycles. The van der Waals surface area contributed by atoms with E-state index in [1.165, 1.54) is 24.8 Å². The maximum atomic E-state index is 12.5. The van der Waals surface area contributed by atoms with Crippen molar-refractivity contribution in [3.05, 3.63) is 89.5 Å². The average molecular weight is 458 g/mol. The van der Waals surface area contributed by atoms with Crippen LogP contribution < -0.4 is 9.47 Å². The summed E-state index contributed by atoms with van der Waals surface area (Å²) in [6.07, 6.45) is 6.58. The van der Waals surface area contributed by atoms with Gasteiger partial charge in [0.05, 0.1) is 17.9 Å². The third kappa shape index (κ3) is 7.87. The van der Waals surface area contributed by atoms with Crippen LogP contribution in [0, 0.1) is 0 Å². The van der Waals surface area contributed by atoms with Gasteiger partial charge in [0.2, 0.25) is 0 Å². The Morgan fingerprint density at radius 3 is 2.09 bits per heavy atom. The average Bonchev–Trinajstić information content (AvgIpc) is 2.83. The summed E-state index contributed by atoms with van der Waals surface area (Å²) >= 11 is 0. The molecule has 0 heterocycles. The van der Waals surface area contributed by atoms with E-state index in [0.29, 0.717) is 11.3 Å². The minimum Gasteiger partial charge on any atom is -0.494 e. The van der Waals surface area contributed by atoms with E-state index in [1.54, 1.807) is 18.3 Å². The van der Waals surface area contributed by atoms with Crippen LogP contribution in [-0.2, 0) is 5.41 Å². The Morgan fingerprint density at radius 2 is 1.47 bits per heavy atom. The molecule has 0 atom stereocenters. The maximum absolute atomic E-state index is 12.5. The lowest BCUT2D eigenvalue weighted by atomic mass is 9.87. The van der Waals surface area contributed by atoms with Crippen molar-refractivity contribution < 1.29 is 14.3 Å². The molecule has 0 aliphatic rings. The first kappa shape index (κ1) is 25.2. The number of esters is 1. The molecule has 0 aromatic heterocycles. The predicted molar refractivity (Wildman–Crippen MR) is 140 cm³/mol. The highest BCUT2D eigenvalue weighted by molar-refractivity contribution is 5.91. The highest BCUT2D eigenvalue weighted by Crippen LogP contribution is 2.25. The zero-order valence-corrected chi connectivity index (χ0v) is 20.7. The number of carbonyl (C=O) groups excluding carboxylic acids is 1. The van der Waals surface area contributed by atoms with E-state index in [0.717, 1.165) is 30.0 Å². The summed E-state index contributed by atoms with van der Waals surface area (Å²) in [6.45, 7) is 9.41. The summed E-state index contributed by atoms with van der Waals surface area (Å²) in [5, 5.41) is 0. The van der Waals surface area contributed by atoms with Crippen LogP contribution in [0.5, 0.6) is 11.5 Å². The lowest BCUT2D eigenvalue weighted by molar-refractivity contribution is 0.0734. The van der Waals surface area contributed by atoms with Gasteiger partial charge >= 0.3 is 5.97 Å². The Balaban J connectivity index is 1.51. The number of hydrogen-bond donors (Lipinski definition) is 0. The second-order valence-electron chi connectivity index (χ2n) is 9.45. The van der Waals surface area contributed by atoms with Crippen LogP contribution >= 0.6 is 0 Å². The number of hydrogen-bond acceptors (Lipinski definition) is 4. The van der Waals surface area contributed by atoms with Gasteiger partial charge in [-0.1, -0.05) is 59.1 Å². The standard InChI is InChI=1S/C30H35NO3/c1-5-6-7-8-21-33-27-17-9-23(10-18-27)22-31-26-15-11-24(12-16-26)29(32)34-28-19-13-25(14-20-28)30(2,3)4/h9-20,22H,5-8,21H2,1-4H3. The van der Waals surface area contributed by atoms with E-state index in [4.69, 9.17) is 9.47 Å². The summed E-state index contributed by atoms with van der Waals surface area (Å²) in [6, 6.07) is 22.6. The Labute approximate surface area is 203 Å². The van der Waals surface area contributed by atoms with Crippen molar-refractivity contribution >= 4 is 17.9 Å². The zero-order chi connectivity index (χ0) is 24.4. The van der Waals surface area contributed by atoms with E-state index in [2.05, 4.69) is 32.7 Å². The fourth-order valence-electron chi connectivity index (χ4n) is 3.39. The van der Waals surface area contributed by atoms with Gasteiger partial charge in [0.1, 0.15) is 11.5 Å². The molecule has 3 aromatic rings. The van der Waals surface area contributed by atoms with Gasteiger partial charge in [-0.3, -0.25) is 4.99 Å². The highest BCUT2D eigenvalue weighted by Gasteiger charge is 2.14. The van der Waals surface area contributed by atoms with E-state index in [1.807, 2.05) is 60.7 Å². The lowest BCUT2D eigenvalue weighted by Gasteiger charge is -2.19. The number of ether oxygens (including phenoxy) is 2. The molecule has 0 aliphatic carbocycles. The van der Waals surface area contributed by atoms with Gasteiger partial charge < -0.3 is 9.47 Å². The van der Waals surface area contributed by atoms with Crippen molar-refractivity contribution in [1.82, 2.24) is 0 Å². The second kappa shape index (κ2) is 12.2. The van der Waals surface area contributed by atoms with Crippen LogP contribution in [0.25, 0.3) is 0 Å². The number of carbonyl (C=O) groups is 1. The Kier molecular flexibility index (Phi) is 9.03. The molecular formula is C30H35NO3. The number of unbranched alkanes of at least 4 members (excludes halogenated alkanes) is 3. The molecule has 0 bridgehead atoms. The molecule has 0 amide bonds. The molecule has 178 valence electrons. The molecule has 0 saturated carbocycles.